The van der Waals surface area contributed by atoms with E-state index in [0.29, 0.717) is 24.6 Å². The molecule has 0 atom stereocenters. The van der Waals surface area contributed by atoms with Crippen molar-refractivity contribution < 1.29 is 4.79 Å². The summed E-state index contributed by atoms with van der Waals surface area (Å²) in [7, 11) is 0. The van der Waals surface area contributed by atoms with Gasteiger partial charge in [0.05, 0.1) is 11.7 Å². The first-order valence-electron chi connectivity index (χ1n) is 10.7. The van der Waals surface area contributed by atoms with E-state index in [1.54, 1.807) is 15.8 Å². The van der Waals surface area contributed by atoms with Crippen molar-refractivity contribution in [1.29, 1.82) is 0 Å². The lowest BCUT2D eigenvalue weighted by Crippen LogP contribution is -2.38. The van der Waals surface area contributed by atoms with E-state index in [1.807, 2.05) is 50.4 Å². The van der Waals surface area contributed by atoms with Gasteiger partial charge in [-0.1, -0.05) is 18.2 Å². The number of H-pyrrole nitrogens is 1. The molecule has 0 saturated heterocycles. The summed E-state index contributed by atoms with van der Waals surface area (Å²) >= 11 is 0. The molecule has 0 radical (unpaired) electrons. The Kier molecular flexibility index (Phi) is 5.14. The van der Waals surface area contributed by atoms with Crippen LogP contribution in [0.1, 0.15) is 31.9 Å². The van der Waals surface area contributed by atoms with Crippen LogP contribution >= 0.6 is 0 Å². The average Bonchev–Trinajstić information content (AvgIpc) is 3.47. The SMILES string of the molecule is CC(C)n1nnnc1-c1ccccc1NC(=O)N1CC=C(c2c[nH]c3ncccc23)CC1. The summed E-state index contributed by atoms with van der Waals surface area (Å²) < 4.78 is 1.75. The van der Waals surface area contributed by atoms with Crippen LogP contribution < -0.4 is 5.32 Å². The lowest BCUT2D eigenvalue weighted by molar-refractivity contribution is 0.217. The molecule has 0 saturated carbocycles. The van der Waals surface area contributed by atoms with Crippen molar-refractivity contribution in [1.82, 2.24) is 35.1 Å². The molecule has 32 heavy (non-hydrogen) atoms. The molecule has 9 nitrogen and oxygen atoms in total. The maximum atomic E-state index is 13.0. The number of fused-ring (bicyclic) bond motifs is 1. The molecule has 0 unspecified atom stereocenters. The highest BCUT2D eigenvalue weighted by molar-refractivity contribution is 5.95. The highest BCUT2D eigenvalue weighted by Crippen LogP contribution is 2.30. The molecule has 0 spiro atoms. The Balaban J connectivity index is 1.33. The molecule has 2 N–H and O–H groups in total. The largest absolute Gasteiger partial charge is 0.346 e. The maximum absolute atomic E-state index is 13.0. The fourth-order valence-corrected chi connectivity index (χ4v) is 4.02. The van der Waals surface area contributed by atoms with Gasteiger partial charge in [-0.05, 0) is 60.5 Å². The van der Waals surface area contributed by atoms with Crippen LogP contribution in [0.5, 0.6) is 0 Å². The van der Waals surface area contributed by atoms with E-state index >= 15 is 0 Å². The van der Waals surface area contributed by atoms with Crippen LogP contribution in [-0.4, -0.2) is 54.2 Å². The third-order valence-electron chi connectivity index (χ3n) is 5.68. The molecule has 0 bridgehead atoms. The smallest absolute Gasteiger partial charge is 0.322 e. The fourth-order valence-electron chi connectivity index (χ4n) is 4.02. The first-order chi connectivity index (χ1) is 15.6. The Morgan fingerprint density at radius 3 is 2.84 bits per heavy atom. The number of pyridine rings is 1. The summed E-state index contributed by atoms with van der Waals surface area (Å²) in [5.41, 5.74) is 4.73. The second-order valence-electron chi connectivity index (χ2n) is 8.04. The molecule has 1 aliphatic heterocycles. The number of aromatic amines is 1. The molecule has 4 aromatic rings. The van der Waals surface area contributed by atoms with Gasteiger partial charge in [-0.3, -0.25) is 0 Å². The second kappa shape index (κ2) is 8.26. The summed E-state index contributed by atoms with van der Waals surface area (Å²) in [4.78, 5) is 22.4. The molecule has 0 fully saturated rings. The number of benzene rings is 1. The molecule has 4 heterocycles. The number of rotatable bonds is 4. The maximum Gasteiger partial charge on any atom is 0.322 e. The summed E-state index contributed by atoms with van der Waals surface area (Å²) in [5, 5.41) is 16.2. The predicted octanol–water partition coefficient (Wildman–Crippen LogP) is 4.12. The van der Waals surface area contributed by atoms with Gasteiger partial charge in [0.25, 0.3) is 0 Å². The Morgan fingerprint density at radius 1 is 1.16 bits per heavy atom. The normalized spacial score (nSPS) is 14.1. The van der Waals surface area contributed by atoms with Gasteiger partial charge in [-0.25, -0.2) is 14.5 Å². The molecule has 162 valence electrons. The number of hydrogen-bond acceptors (Lipinski definition) is 5. The molecule has 1 aliphatic rings. The zero-order chi connectivity index (χ0) is 22.1. The standard InChI is InChI=1S/C23H24N8O/c1-15(2)31-22(27-28-29-31)18-6-3-4-8-20(18)26-23(32)30-12-9-16(10-13-30)19-14-25-21-17(19)7-5-11-24-21/h3-9,11,14-15H,10,12-13H2,1-2H3,(H,24,25)(H,26,32). The number of anilines is 1. The molecule has 2 amide bonds. The summed E-state index contributed by atoms with van der Waals surface area (Å²) in [5.74, 6) is 0.629. The van der Waals surface area contributed by atoms with E-state index in [-0.39, 0.29) is 12.1 Å². The number of aromatic nitrogens is 6. The van der Waals surface area contributed by atoms with Crippen LogP contribution in [0.3, 0.4) is 0 Å². The van der Waals surface area contributed by atoms with Crippen LogP contribution in [0.25, 0.3) is 28.0 Å². The van der Waals surface area contributed by atoms with Crippen molar-refractivity contribution >= 4 is 28.3 Å². The number of carbonyl (C=O) groups is 1. The Labute approximate surface area is 185 Å². The Bertz CT molecular complexity index is 1300. The van der Waals surface area contributed by atoms with Crippen LogP contribution in [0.15, 0.2) is 54.9 Å². The van der Waals surface area contributed by atoms with E-state index in [0.717, 1.165) is 28.6 Å². The van der Waals surface area contributed by atoms with Crippen molar-refractivity contribution in [3.05, 3.63) is 60.4 Å². The number of carbonyl (C=O) groups excluding carboxylic acids is 1. The van der Waals surface area contributed by atoms with Crippen molar-refractivity contribution in [2.45, 2.75) is 26.3 Å². The van der Waals surface area contributed by atoms with Gasteiger partial charge in [0.2, 0.25) is 0 Å². The van der Waals surface area contributed by atoms with Gasteiger partial charge < -0.3 is 15.2 Å². The second-order valence-corrected chi connectivity index (χ2v) is 8.04. The van der Waals surface area contributed by atoms with E-state index in [4.69, 9.17) is 0 Å². The van der Waals surface area contributed by atoms with Gasteiger partial charge in [-0.2, -0.15) is 0 Å². The van der Waals surface area contributed by atoms with Gasteiger partial charge >= 0.3 is 6.03 Å². The molecular formula is C23H24N8O. The quantitative estimate of drug-likeness (QED) is 0.509. The molecule has 1 aromatic carbocycles. The molecule has 5 rings (SSSR count). The Hall–Kier alpha value is -4.01. The van der Waals surface area contributed by atoms with E-state index in [2.05, 4.69) is 43.0 Å². The molecular weight excluding hydrogens is 404 g/mol. The van der Waals surface area contributed by atoms with Crippen LogP contribution in [0, 0.1) is 0 Å². The molecule has 3 aromatic heterocycles. The minimum absolute atomic E-state index is 0.106. The zero-order valence-electron chi connectivity index (χ0n) is 18.0. The number of hydrogen-bond donors (Lipinski definition) is 2. The Morgan fingerprint density at radius 2 is 2.03 bits per heavy atom. The van der Waals surface area contributed by atoms with E-state index in [9.17, 15) is 4.79 Å². The minimum Gasteiger partial charge on any atom is -0.346 e. The van der Waals surface area contributed by atoms with Crippen LogP contribution in [0.4, 0.5) is 10.5 Å². The van der Waals surface area contributed by atoms with Crippen molar-refractivity contribution in [3.8, 4) is 11.4 Å². The number of amides is 2. The van der Waals surface area contributed by atoms with Crippen molar-refractivity contribution in [2.75, 3.05) is 18.4 Å². The van der Waals surface area contributed by atoms with Crippen molar-refractivity contribution in [2.24, 2.45) is 0 Å². The number of nitrogens with zero attached hydrogens (tertiary/aromatic N) is 6. The van der Waals surface area contributed by atoms with E-state index < -0.39 is 0 Å². The lowest BCUT2D eigenvalue weighted by Gasteiger charge is -2.27. The first-order valence-corrected chi connectivity index (χ1v) is 10.7. The first kappa shape index (κ1) is 19.9. The number of urea groups is 1. The third-order valence-corrected chi connectivity index (χ3v) is 5.68. The highest BCUT2D eigenvalue weighted by Gasteiger charge is 2.22. The molecule has 9 heteroatoms. The summed E-state index contributed by atoms with van der Waals surface area (Å²) in [6.45, 7) is 5.21. The van der Waals surface area contributed by atoms with Gasteiger partial charge in [0.1, 0.15) is 5.65 Å². The molecule has 0 aliphatic carbocycles. The zero-order valence-corrected chi connectivity index (χ0v) is 18.0. The van der Waals surface area contributed by atoms with Crippen molar-refractivity contribution in [3.63, 3.8) is 0 Å². The lowest BCUT2D eigenvalue weighted by atomic mass is 10.00. The topological polar surface area (TPSA) is 105 Å². The van der Waals surface area contributed by atoms with Gasteiger partial charge in [0.15, 0.2) is 5.82 Å². The minimum atomic E-state index is -0.142. The summed E-state index contributed by atoms with van der Waals surface area (Å²) in [6.07, 6.45) is 6.67. The highest BCUT2D eigenvalue weighted by atomic mass is 16.2. The van der Waals surface area contributed by atoms with Crippen LogP contribution in [-0.2, 0) is 0 Å². The fraction of sp³-hybridized carbons (Fsp3) is 0.261. The number of para-hydroxylation sites is 1. The van der Waals surface area contributed by atoms with Gasteiger partial charge in [0, 0.05) is 42.0 Å². The van der Waals surface area contributed by atoms with Crippen LogP contribution in [0.2, 0.25) is 0 Å². The van der Waals surface area contributed by atoms with Gasteiger partial charge in [-0.15, -0.1) is 5.10 Å². The van der Waals surface area contributed by atoms with E-state index in [1.165, 1.54) is 5.57 Å². The third kappa shape index (κ3) is 3.62. The monoisotopic (exact) mass is 428 g/mol. The predicted molar refractivity (Wildman–Crippen MR) is 123 cm³/mol. The summed E-state index contributed by atoms with van der Waals surface area (Å²) in [6, 6.07) is 11.6. The number of tetrazole rings is 1. The average molecular weight is 429 g/mol. The number of nitrogens with one attached hydrogen (secondary N) is 2.